The third-order valence-electron chi connectivity index (χ3n) is 1.83. The molecule has 0 rings (SSSR count). The van der Waals surface area contributed by atoms with Gasteiger partial charge in [0.1, 0.15) is 0 Å². The van der Waals surface area contributed by atoms with Crippen molar-refractivity contribution in [3.05, 3.63) is 0 Å². The molecule has 0 aliphatic carbocycles. The van der Waals surface area contributed by atoms with Crippen LogP contribution in [0, 0.1) is 5.92 Å². The van der Waals surface area contributed by atoms with E-state index in [2.05, 4.69) is 4.18 Å². The molecule has 0 aromatic rings. The van der Waals surface area contributed by atoms with Gasteiger partial charge < -0.3 is 0 Å². The monoisotopic (exact) mass is 234 g/mol. The number of alkyl halides is 3. The van der Waals surface area contributed by atoms with Crippen LogP contribution in [-0.2, 0) is 14.3 Å². The Labute approximate surface area is 81.4 Å². The van der Waals surface area contributed by atoms with E-state index in [9.17, 15) is 21.6 Å². The van der Waals surface area contributed by atoms with Crippen molar-refractivity contribution in [2.75, 3.05) is 6.61 Å². The van der Waals surface area contributed by atoms with Gasteiger partial charge in [0.05, 0.1) is 6.61 Å². The summed E-state index contributed by atoms with van der Waals surface area (Å²) < 4.78 is 59.7. The van der Waals surface area contributed by atoms with Crippen LogP contribution in [0.15, 0.2) is 0 Å². The molecule has 1 atom stereocenters. The van der Waals surface area contributed by atoms with E-state index in [1.807, 2.05) is 13.8 Å². The van der Waals surface area contributed by atoms with Crippen LogP contribution in [0.1, 0.15) is 26.7 Å². The molecule has 0 heterocycles. The number of hydrogen-bond acceptors (Lipinski definition) is 3. The van der Waals surface area contributed by atoms with E-state index >= 15 is 0 Å². The molecule has 0 amide bonds. The summed E-state index contributed by atoms with van der Waals surface area (Å²) in [6.45, 7) is 3.25. The Morgan fingerprint density at radius 3 is 2.21 bits per heavy atom. The van der Waals surface area contributed by atoms with Crippen molar-refractivity contribution in [2.24, 2.45) is 5.92 Å². The van der Waals surface area contributed by atoms with Gasteiger partial charge in [0.25, 0.3) is 0 Å². The van der Waals surface area contributed by atoms with Crippen molar-refractivity contribution in [3.8, 4) is 0 Å². The van der Waals surface area contributed by atoms with Crippen LogP contribution in [0.25, 0.3) is 0 Å². The second kappa shape index (κ2) is 4.97. The molecule has 0 aliphatic rings. The second-order valence-corrected chi connectivity index (χ2v) is 4.63. The molecule has 0 saturated carbocycles. The first-order valence-electron chi connectivity index (χ1n) is 4.16. The molecule has 1 unspecified atom stereocenters. The fourth-order valence-electron chi connectivity index (χ4n) is 0.630. The van der Waals surface area contributed by atoms with E-state index < -0.39 is 22.2 Å². The Morgan fingerprint density at radius 2 is 1.86 bits per heavy atom. The van der Waals surface area contributed by atoms with Crippen molar-refractivity contribution >= 4 is 10.1 Å². The molecule has 0 saturated heterocycles. The van der Waals surface area contributed by atoms with Crippen molar-refractivity contribution < 1.29 is 25.8 Å². The minimum Gasteiger partial charge on any atom is -0.263 e. The average Bonchev–Trinajstić information content (AvgIpc) is 2.01. The number of hydrogen-bond donors (Lipinski definition) is 0. The zero-order valence-electron chi connectivity index (χ0n) is 7.97. The van der Waals surface area contributed by atoms with Crippen LogP contribution in [0.3, 0.4) is 0 Å². The maximum Gasteiger partial charge on any atom is 0.523 e. The fraction of sp³-hybridized carbons (Fsp3) is 1.00. The van der Waals surface area contributed by atoms with Gasteiger partial charge >= 0.3 is 15.6 Å². The highest BCUT2D eigenvalue weighted by molar-refractivity contribution is 7.87. The summed E-state index contributed by atoms with van der Waals surface area (Å²) in [5, 5.41) is 0. The first kappa shape index (κ1) is 13.7. The molecule has 0 aliphatic heterocycles. The number of rotatable bonds is 5. The van der Waals surface area contributed by atoms with E-state index in [-0.39, 0.29) is 5.92 Å². The molecule has 0 radical (unpaired) electrons. The molecule has 0 fully saturated rings. The Hall–Kier alpha value is -0.300. The molecule has 3 nitrogen and oxygen atoms in total. The molecule has 0 aromatic heterocycles. The smallest absolute Gasteiger partial charge is 0.263 e. The molecule has 14 heavy (non-hydrogen) atoms. The lowest BCUT2D eigenvalue weighted by molar-refractivity contribution is -0.0544. The molecule has 0 spiro atoms. The third-order valence-corrected chi connectivity index (χ3v) is 2.87. The SMILES string of the molecule is CCC(C)CCOS(=O)(=O)C(F)(F)F. The Kier molecular flexibility index (Phi) is 4.87. The van der Waals surface area contributed by atoms with Gasteiger partial charge in [-0.05, 0) is 12.3 Å². The first-order valence-corrected chi connectivity index (χ1v) is 5.57. The highest BCUT2D eigenvalue weighted by Crippen LogP contribution is 2.24. The van der Waals surface area contributed by atoms with E-state index in [1.165, 1.54) is 0 Å². The quantitative estimate of drug-likeness (QED) is 0.541. The van der Waals surface area contributed by atoms with Gasteiger partial charge in [-0.1, -0.05) is 20.3 Å². The van der Waals surface area contributed by atoms with Crippen molar-refractivity contribution in [1.82, 2.24) is 0 Å². The summed E-state index contributed by atoms with van der Waals surface area (Å²) in [4.78, 5) is 0. The van der Waals surface area contributed by atoms with Crippen LogP contribution < -0.4 is 0 Å². The Bertz CT molecular complexity index is 258. The van der Waals surface area contributed by atoms with E-state index in [0.29, 0.717) is 6.42 Å². The maximum atomic E-state index is 11.7. The van der Waals surface area contributed by atoms with Crippen LogP contribution in [0.4, 0.5) is 13.2 Å². The Morgan fingerprint density at radius 1 is 1.36 bits per heavy atom. The van der Waals surface area contributed by atoms with E-state index in [4.69, 9.17) is 0 Å². The third kappa shape index (κ3) is 4.28. The topological polar surface area (TPSA) is 43.4 Å². The lowest BCUT2D eigenvalue weighted by Crippen LogP contribution is -2.26. The minimum atomic E-state index is -5.40. The molecule has 86 valence electrons. The molecule has 0 aromatic carbocycles. The van der Waals surface area contributed by atoms with Gasteiger partial charge in [-0.2, -0.15) is 21.6 Å². The standard InChI is InChI=1S/C7H13F3O3S/c1-3-6(2)4-5-13-14(11,12)7(8,9)10/h6H,3-5H2,1-2H3. The largest absolute Gasteiger partial charge is 0.523 e. The summed E-state index contributed by atoms with van der Waals surface area (Å²) >= 11 is 0. The average molecular weight is 234 g/mol. The second-order valence-electron chi connectivity index (χ2n) is 3.02. The van der Waals surface area contributed by atoms with Crippen LogP contribution in [0.2, 0.25) is 0 Å². The van der Waals surface area contributed by atoms with Crippen molar-refractivity contribution in [1.29, 1.82) is 0 Å². The predicted molar refractivity (Wildman–Crippen MR) is 45.0 cm³/mol. The highest BCUT2D eigenvalue weighted by Gasteiger charge is 2.47. The summed E-state index contributed by atoms with van der Waals surface area (Å²) in [6, 6.07) is 0. The number of halogens is 3. The van der Waals surface area contributed by atoms with Crippen LogP contribution in [0.5, 0.6) is 0 Å². The van der Waals surface area contributed by atoms with Crippen LogP contribution in [-0.4, -0.2) is 20.5 Å². The van der Waals surface area contributed by atoms with E-state index in [0.717, 1.165) is 6.42 Å². The predicted octanol–water partition coefficient (Wildman–Crippen LogP) is 2.29. The Balaban J connectivity index is 4.03. The lowest BCUT2D eigenvalue weighted by atomic mass is 10.1. The minimum absolute atomic E-state index is 0.151. The lowest BCUT2D eigenvalue weighted by Gasteiger charge is -2.10. The van der Waals surface area contributed by atoms with Gasteiger partial charge in [-0.25, -0.2) is 0 Å². The summed E-state index contributed by atoms with van der Waals surface area (Å²) in [6.07, 6.45) is 1.07. The first-order chi connectivity index (χ1) is 6.20. The normalized spacial score (nSPS) is 15.5. The molecule has 0 N–H and O–H groups in total. The van der Waals surface area contributed by atoms with Gasteiger partial charge in [-0.3, -0.25) is 4.18 Å². The van der Waals surface area contributed by atoms with Gasteiger partial charge in [0, 0.05) is 0 Å². The van der Waals surface area contributed by atoms with E-state index in [1.54, 1.807) is 0 Å². The molecular weight excluding hydrogens is 221 g/mol. The molecule has 7 heteroatoms. The molecule has 0 bridgehead atoms. The highest BCUT2D eigenvalue weighted by atomic mass is 32.2. The zero-order chi connectivity index (χ0) is 11.4. The van der Waals surface area contributed by atoms with Crippen LogP contribution >= 0.6 is 0 Å². The fourth-order valence-corrected chi connectivity index (χ4v) is 1.08. The zero-order valence-corrected chi connectivity index (χ0v) is 8.78. The maximum absolute atomic E-state index is 11.7. The van der Waals surface area contributed by atoms with Crippen molar-refractivity contribution in [2.45, 2.75) is 32.2 Å². The van der Waals surface area contributed by atoms with Gasteiger partial charge in [0.2, 0.25) is 0 Å². The summed E-state index contributed by atoms with van der Waals surface area (Å²) in [5.74, 6) is 0.151. The summed E-state index contributed by atoms with van der Waals surface area (Å²) in [5.41, 5.74) is -5.32. The molecular formula is C7H13F3O3S. The summed E-state index contributed by atoms with van der Waals surface area (Å²) in [7, 11) is -5.40. The van der Waals surface area contributed by atoms with Gasteiger partial charge in [0.15, 0.2) is 0 Å². The van der Waals surface area contributed by atoms with Crippen molar-refractivity contribution in [3.63, 3.8) is 0 Å². The van der Waals surface area contributed by atoms with Gasteiger partial charge in [-0.15, -0.1) is 0 Å².